The minimum atomic E-state index is -2.67. The molecule has 5 heteroatoms. The molecule has 84 valence electrons. The van der Waals surface area contributed by atoms with Crippen molar-refractivity contribution in [1.82, 2.24) is 0 Å². The molecule has 1 aliphatic heterocycles. The molecule has 1 fully saturated rings. The van der Waals surface area contributed by atoms with E-state index in [4.69, 9.17) is 13.6 Å². The van der Waals surface area contributed by atoms with Crippen molar-refractivity contribution in [2.45, 2.75) is 20.1 Å². The van der Waals surface area contributed by atoms with Crippen molar-refractivity contribution in [1.29, 1.82) is 0 Å². The van der Waals surface area contributed by atoms with Crippen LogP contribution < -0.4 is 5.30 Å². The van der Waals surface area contributed by atoms with E-state index >= 15 is 0 Å². The zero-order valence-electron chi connectivity index (χ0n) is 8.77. The molecule has 0 bridgehead atoms. The molecule has 0 saturated carbocycles. The van der Waals surface area contributed by atoms with E-state index in [1.807, 2.05) is 19.9 Å². The minimum absolute atomic E-state index is 0.200. The third-order valence-corrected chi connectivity index (χ3v) is 5.15. The molecule has 1 aromatic rings. The molecule has 0 atom stereocenters. The van der Waals surface area contributed by atoms with Crippen LogP contribution >= 0.6 is 7.94 Å². The van der Waals surface area contributed by atoms with Gasteiger partial charge in [-0.15, -0.1) is 0 Å². The van der Waals surface area contributed by atoms with Crippen LogP contribution in [0.1, 0.15) is 13.8 Å². The molecule has 0 amide bonds. The fraction of sp³-hybridized carbons (Fsp3) is 0.400. The number of hydrogen-bond acceptors (Lipinski definition) is 4. The second-order valence-corrected chi connectivity index (χ2v) is 5.79. The molecular weight excluding hydrogens is 215 g/mol. The summed E-state index contributed by atoms with van der Waals surface area (Å²) in [5, 5.41) is 10.2. The van der Waals surface area contributed by atoms with Crippen LogP contribution in [-0.4, -0.2) is 18.0 Å². The Morgan fingerprint density at radius 2 is 2.20 bits per heavy atom. The Morgan fingerprint density at radius 1 is 1.47 bits per heavy atom. The van der Waals surface area contributed by atoms with Crippen molar-refractivity contribution in [3.05, 3.63) is 24.3 Å². The Balaban J connectivity index is 2.26. The molecular formula is C10H15O4P. The van der Waals surface area contributed by atoms with Crippen LogP contribution in [0.2, 0.25) is 0 Å². The quantitative estimate of drug-likeness (QED) is 0.806. The Bertz CT molecular complexity index is 344. The van der Waals surface area contributed by atoms with E-state index in [1.54, 1.807) is 18.2 Å². The van der Waals surface area contributed by atoms with Gasteiger partial charge in [0.2, 0.25) is 0 Å². The first-order valence-electron chi connectivity index (χ1n) is 4.95. The predicted octanol–water partition coefficient (Wildman–Crippen LogP) is 1.94. The van der Waals surface area contributed by atoms with Gasteiger partial charge in [-0.3, -0.25) is 0 Å². The van der Waals surface area contributed by atoms with Crippen molar-refractivity contribution >= 4 is 13.2 Å². The van der Waals surface area contributed by atoms with Crippen LogP contribution in [0.3, 0.4) is 0 Å². The first-order chi connectivity index (χ1) is 7.16. The first kappa shape index (κ1) is 10.8. The fourth-order valence-electron chi connectivity index (χ4n) is 1.62. The van der Waals surface area contributed by atoms with E-state index < -0.39 is 7.94 Å². The molecule has 15 heavy (non-hydrogen) atoms. The standard InChI is InChI=1S/C10H15O4P/c1-3-12-15(13-8(2)14-15)10-6-4-5-9(11)7-10/h4-8,11,15H,3H2,1-2H3. The summed E-state index contributed by atoms with van der Waals surface area (Å²) in [4.78, 5) is 0. The molecule has 1 aliphatic rings. The van der Waals surface area contributed by atoms with Gasteiger partial charge in [-0.2, -0.15) is 0 Å². The Morgan fingerprint density at radius 3 is 2.73 bits per heavy atom. The van der Waals surface area contributed by atoms with Gasteiger partial charge in [-0.05, 0) is 0 Å². The number of phenols is 1. The average Bonchev–Trinajstić information content (AvgIpc) is 2.15. The molecule has 0 spiro atoms. The monoisotopic (exact) mass is 230 g/mol. The number of aromatic hydroxyl groups is 1. The Labute approximate surface area is 89.4 Å². The second kappa shape index (κ2) is 4.06. The summed E-state index contributed by atoms with van der Waals surface area (Å²) in [5.74, 6) is 0.200. The molecule has 1 aromatic carbocycles. The maximum absolute atomic E-state index is 9.39. The second-order valence-electron chi connectivity index (χ2n) is 3.34. The van der Waals surface area contributed by atoms with E-state index in [-0.39, 0.29) is 12.0 Å². The Hall–Kier alpha value is -0.670. The molecule has 0 aromatic heterocycles. The summed E-state index contributed by atoms with van der Waals surface area (Å²) in [7, 11) is -2.67. The van der Waals surface area contributed by atoms with E-state index in [0.29, 0.717) is 6.61 Å². The van der Waals surface area contributed by atoms with Crippen LogP contribution in [0.4, 0.5) is 0 Å². The zero-order valence-corrected chi connectivity index (χ0v) is 9.77. The summed E-state index contributed by atoms with van der Waals surface area (Å²) in [6, 6.07) is 6.86. The molecule has 4 nitrogen and oxygen atoms in total. The summed E-state index contributed by atoms with van der Waals surface area (Å²) in [5.41, 5.74) is 0. The maximum atomic E-state index is 9.39. The summed E-state index contributed by atoms with van der Waals surface area (Å²) in [6.07, 6.45) is -0.217. The van der Waals surface area contributed by atoms with Crippen molar-refractivity contribution in [3.8, 4) is 5.75 Å². The third kappa shape index (κ3) is 1.99. The van der Waals surface area contributed by atoms with E-state index in [0.717, 1.165) is 5.30 Å². The van der Waals surface area contributed by atoms with Gasteiger partial charge in [0.1, 0.15) is 0 Å². The predicted molar refractivity (Wildman–Crippen MR) is 59.3 cm³/mol. The van der Waals surface area contributed by atoms with Gasteiger partial charge >= 0.3 is 88.7 Å². The van der Waals surface area contributed by atoms with Crippen molar-refractivity contribution in [3.63, 3.8) is 0 Å². The van der Waals surface area contributed by atoms with Gasteiger partial charge in [0.05, 0.1) is 0 Å². The van der Waals surface area contributed by atoms with Crippen molar-refractivity contribution < 1.29 is 18.7 Å². The summed E-state index contributed by atoms with van der Waals surface area (Å²) < 4.78 is 16.7. The average molecular weight is 230 g/mol. The van der Waals surface area contributed by atoms with Crippen LogP contribution in [0.25, 0.3) is 0 Å². The summed E-state index contributed by atoms with van der Waals surface area (Å²) >= 11 is 0. The van der Waals surface area contributed by atoms with Gasteiger partial charge in [-0.25, -0.2) is 0 Å². The molecule has 1 heterocycles. The van der Waals surface area contributed by atoms with Crippen LogP contribution in [-0.2, 0) is 13.6 Å². The van der Waals surface area contributed by atoms with Crippen molar-refractivity contribution in [2.24, 2.45) is 0 Å². The topological polar surface area (TPSA) is 47.9 Å². The number of phenolic OH excluding ortho intramolecular Hbond substituents is 1. The van der Waals surface area contributed by atoms with Crippen LogP contribution in [0, 0.1) is 0 Å². The van der Waals surface area contributed by atoms with E-state index in [2.05, 4.69) is 0 Å². The molecule has 0 radical (unpaired) electrons. The van der Waals surface area contributed by atoms with Gasteiger partial charge in [-0.1, -0.05) is 0 Å². The number of rotatable bonds is 3. The van der Waals surface area contributed by atoms with Crippen molar-refractivity contribution in [2.75, 3.05) is 6.61 Å². The number of hydrogen-bond donors (Lipinski definition) is 1. The van der Waals surface area contributed by atoms with Gasteiger partial charge < -0.3 is 0 Å². The molecule has 1 N–H and O–H groups in total. The first-order valence-corrected chi connectivity index (χ1v) is 6.68. The molecule has 1 saturated heterocycles. The van der Waals surface area contributed by atoms with Gasteiger partial charge in [0.25, 0.3) is 0 Å². The SMILES string of the molecule is CCO[PH]1(c2cccc(O)c2)OC(C)O1. The van der Waals surface area contributed by atoms with Gasteiger partial charge in [0.15, 0.2) is 0 Å². The van der Waals surface area contributed by atoms with Crippen LogP contribution in [0.15, 0.2) is 24.3 Å². The Kier molecular flexibility index (Phi) is 2.94. The number of benzene rings is 1. The molecule has 2 rings (SSSR count). The third-order valence-electron chi connectivity index (χ3n) is 2.18. The summed E-state index contributed by atoms with van der Waals surface area (Å²) in [6.45, 7) is 4.26. The normalized spacial score (nSPS) is 25.6. The van der Waals surface area contributed by atoms with E-state index in [1.165, 1.54) is 0 Å². The molecule has 0 aliphatic carbocycles. The molecule has 0 unspecified atom stereocenters. The van der Waals surface area contributed by atoms with Crippen LogP contribution in [0.5, 0.6) is 5.75 Å². The van der Waals surface area contributed by atoms with Gasteiger partial charge in [0, 0.05) is 0 Å². The van der Waals surface area contributed by atoms with E-state index in [9.17, 15) is 5.11 Å². The fourth-order valence-corrected chi connectivity index (χ4v) is 4.09. The zero-order chi connectivity index (χ0) is 10.9.